The SMILES string of the molecule is CC(Sc1cccc(NC(=O)/C(=C/c2ccc(Br)cc2)NC(=O)c2ccccc2)c1)C(=O)Nc1cc(Cl)cc(Cl)c1. The number of carbonyl (C=O) groups is 3. The Morgan fingerprint density at radius 1 is 0.805 bits per heavy atom. The lowest BCUT2D eigenvalue weighted by Gasteiger charge is -2.14. The lowest BCUT2D eigenvalue weighted by atomic mass is 10.1. The normalized spacial score (nSPS) is 11.9. The third-order valence-corrected chi connectivity index (χ3v) is 7.67. The second kappa shape index (κ2) is 14.4. The van der Waals surface area contributed by atoms with Gasteiger partial charge < -0.3 is 16.0 Å². The average Bonchev–Trinajstić information content (AvgIpc) is 2.94. The molecule has 10 heteroatoms. The summed E-state index contributed by atoms with van der Waals surface area (Å²) in [7, 11) is 0. The summed E-state index contributed by atoms with van der Waals surface area (Å²) in [5.74, 6) is -1.14. The number of hydrogen-bond acceptors (Lipinski definition) is 4. The van der Waals surface area contributed by atoms with Gasteiger partial charge in [-0.15, -0.1) is 11.8 Å². The van der Waals surface area contributed by atoms with Crippen LogP contribution in [0.1, 0.15) is 22.8 Å². The Balaban J connectivity index is 1.47. The van der Waals surface area contributed by atoms with Gasteiger partial charge in [-0.05, 0) is 79.2 Å². The van der Waals surface area contributed by atoms with Crippen LogP contribution < -0.4 is 16.0 Å². The molecule has 0 heterocycles. The molecule has 4 aromatic carbocycles. The number of carbonyl (C=O) groups excluding carboxylic acids is 3. The van der Waals surface area contributed by atoms with Crippen LogP contribution in [0.2, 0.25) is 10.0 Å². The van der Waals surface area contributed by atoms with Crippen molar-refractivity contribution in [2.75, 3.05) is 10.6 Å². The molecular formula is C31H24BrCl2N3O3S. The van der Waals surface area contributed by atoms with Gasteiger partial charge in [0.25, 0.3) is 11.8 Å². The zero-order chi connectivity index (χ0) is 29.4. The molecule has 41 heavy (non-hydrogen) atoms. The fourth-order valence-electron chi connectivity index (χ4n) is 3.64. The van der Waals surface area contributed by atoms with Gasteiger partial charge in [0.15, 0.2) is 0 Å². The van der Waals surface area contributed by atoms with E-state index in [-0.39, 0.29) is 11.6 Å². The standard InChI is InChI=1S/C31H24BrCl2N3O3S/c1-19(29(38)36-26-16-23(33)15-24(34)17-26)41-27-9-5-8-25(18-27)35-31(40)28(14-20-10-12-22(32)13-11-20)37-30(39)21-6-3-2-4-7-21/h2-19H,1H3,(H,35,40)(H,36,38)(H,37,39)/b28-14-. The predicted octanol–water partition coefficient (Wildman–Crippen LogP) is 8.28. The molecule has 0 saturated carbocycles. The second-order valence-electron chi connectivity index (χ2n) is 8.82. The lowest BCUT2D eigenvalue weighted by Crippen LogP contribution is -2.30. The van der Waals surface area contributed by atoms with Crippen LogP contribution >= 0.6 is 50.9 Å². The molecular weight excluding hydrogens is 645 g/mol. The number of rotatable bonds is 9. The van der Waals surface area contributed by atoms with Crippen molar-refractivity contribution in [3.63, 3.8) is 0 Å². The van der Waals surface area contributed by atoms with Crippen LogP contribution in [-0.4, -0.2) is 23.0 Å². The Morgan fingerprint density at radius 3 is 2.17 bits per heavy atom. The van der Waals surface area contributed by atoms with E-state index in [9.17, 15) is 14.4 Å². The van der Waals surface area contributed by atoms with E-state index >= 15 is 0 Å². The molecule has 3 amide bonds. The van der Waals surface area contributed by atoms with Crippen molar-refractivity contribution >= 4 is 86.1 Å². The smallest absolute Gasteiger partial charge is 0.272 e. The number of halogens is 3. The quantitative estimate of drug-likeness (QED) is 0.124. The van der Waals surface area contributed by atoms with Gasteiger partial charge in [-0.1, -0.05) is 75.5 Å². The van der Waals surface area contributed by atoms with Crippen molar-refractivity contribution < 1.29 is 14.4 Å². The molecule has 4 rings (SSSR count). The summed E-state index contributed by atoms with van der Waals surface area (Å²) in [5.41, 5.74) is 2.24. The van der Waals surface area contributed by atoms with Crippen molar-refractivity contribution in [2.24, 2.45) is 0 Å². The molecule has 0 aliphatic carbocycles. The zero-order valence-electron chi connectivity index (χ0n) is 21.7. The summed E-state index contributed by atoms with van der Waals surface area (Å²) >= 11 is 16.8. The van der Waals surface area contributed by atoms with E-state index < -0.39 is 17.1 Å². The summed E-state index contributed by atoms with van der Waals surface area (Å²) in [5, 5.41) is 8.78. The summed E-state index contributed by atoms with van der Waals surface area (Å²) in [6, 6.07) is 27.9. The van der Waals surface area contributed by atoms with Gasteiger partial charge in [0.2, 0.25) is 5.91 Å². The minimum atomic E-state index is -0.497. The molecule has 0 fully saturated rings. The third kappa shape index (κ3) is 9.23. The van der Waals surface area contributed by atoms with Crippen LogP contribution in [0.15, 0.2) is 112 Å². The Morgan fingerprint density at radius 2 is 1.49 bits per heavy atom. The molecule has 0 aromatic heterocycles. The first kappa shape index (κ1) is 30.4. The Labute approximate surface area is 260 Å². The number of benzene rings is 4. The maximum Gasteiger partial charge on any atom is 0.272 e. The molecule has 0 saturated heterocycles. The zero-order valence-corrected chi connectivity index (χ0v) is 25.6. The van der Waals surface area contributed by atoms with E-state index in [2.05, 4.69) is 31.9 Å². The van der Waals surface area contributed by atoms with Crippen molar-refractivity contribution in [1.82, 2.24) is 5.32 Å². The Hall–Kier alpha value is -3.56. The maximum atomic E-state index is 13.4. The topological polar surface area (TPSA) is 87.3 Å². The largest absolute Gasteiger partial charge is 0.325 e. The van der Waals surface area contributed by atoms with Gasteiger partial charge in [-0.3, -0.25) is 14.4 Å². The second-order valence-corrected chi connectivity index (χ2v) is 12.0. The van der Waals surface area contributed by atoms with Crippen LogP contribution in [0.25, 0.3) is 6.08 Å². The van der Waals surface area contributed by atoms with Crippen LogP contribution in [0.3, 0.4) is 0 Å². The van der Waals surface area contributed by atoms with Gasteiger partial charge in [-0.2, -0.15) is 0 Å². The highest BCUT2D eigenvalue weighted by molar-refractivity contribution is 9.10. The molecule has 1 atom stereocenters. The number of hydrogen-bond donors (Lipinski definition) is 3. The fourth-order valence-corrected chi connectivity index (χ4v) is 5.36. The van der Waals surface area contributed by atoms with E-state index in [1.54, 1.807) is 73.7 Å². The van der Waals surface area contributed by atoms with Gasteiger partial charge >= 0.3 is 0 Å². The molecule has 1 unspecified atom stereocenters. The number of anilines is 2. The molecule has 0 radical (unpaired) electrons. The average molecular weight is 669 g/mol. The van der Waals surface area contributed by atoms with E-state index in [1.165, 1.54) is 11.8 Å². The minimum Gasteiger partial charge on any atom is -0.325 e. The predicted molar refractivity (Wildman–Crippen MR) is 172 cm³/mol. The molecule has 0 aliphatic heterocycles. The third-order valence-electron chi connectivity index (χ3n) is 5.61. The van der Waals surface area contributed by atoms with E-state index in [1.807, 2.05) is 36.4 Å². The first-order valence-electron chi connectivity index (χ1n) is 12.3. The van der Waals surface area contributed by atoms with Crippen LogP contribution in [0.5, 0.6) is 0 Å². The number of amides is 3. The summed E-state index contributed by atoms with van der Waals surface area (Å²) < 4.78 is 0.891. The first-order chi connectivity index (χ1) is 19.7. The molecule has 0 spiro atoms. The highest BCUT2D eigenvalue weighted by atomic mass is 79.9. The van der Waals surface area contributed by atoms with Crippen molar-refractivity contribution in [2.45, 2.75) is 17.1 Å². The van der Waals surface area contributed by atoms with E-state index in [0.29, 0.717) is 27.0 Å². The van der Waals surface area contributed by atoms with Gasteiger partial charge in [-0.25, -0.2) is 0 Å². The van der Waals surface area contributed by atoms with Crippen molar-refractivity contribution in [1.29, 1.82) is 0 Å². The van der Waals surface area contributed by atoms with Gasteiger partial charge in [0.05, 0.1) is 5.25 Å². The molecule has 0 aliphatic rings. The van der Waals surface area contributed by atoms with Gasteiger partial charge in [0, 0.05) is 36.4 Å². The Bertz CT molecular complexity index is 1580. The fraction of sp³-hybridized carbons (Fsp3) is 0.0645. The van der Waals surface area contributed by atoms with Crippen LogP contribution in [0, 0.1) is 0 Å². The lowest BCUT2D eigenvalue weighted by molar-refractivity contribution is -0.115. The molecule has 0 bridgehead atoms. The Kier molecular flexibility index (Phi) is 10.7. The highest BCUT2D eigenvalue weighted by Crippen LogP contribution is 2.28. The van der Waals surface area contributed by atoms with Crippen LogP contribution in [-0.2, 0) is 9.59 Å². The van der Waals surface area contributed by atoms with Crippen molar-refractivity contribution in [3.05, 3.63) is 128 Å². The van der Waals surface area contributed by atoms with Gasteiger partial charge in [0.1, 0.15) is 5.70 Å². The summed E-state index contributed by atoms with van der Waals surface area (Å²) in [4.78, 5) is 39.8. The first-order valence-corrected chi connectivity index (χ1v) is 14.8. The summed E-state index contributed by atoms with van der Waals surface area (Å²) in [6.45, 7) is 1.77. The molecule has 3 N–H and O–H groups in total. The van der Waals surface area contributed by atoms with Crippen LogP contribution in [0.4, 0.5) is 11.4 Å². The molecule has 4 aromatic rings. The highest BCUT2D eigenvalue weighted by Gasteiger charge is 2.18. The van der Waals surface area contributed by atoms with E-state index in [4.69, 9.17) is 23.2 Å². The number of thioether (sulfide) groups is 1. The summed E-state index contributed by atoms with van der Waals surface area (Å²) in [6.07, 6.45) is 1.61. The molecule has 208 valence electrons. The molecule has 6 nitrogen and oxygen atoms in total. The van der Waals surface area contributed by atoms with Crippen molar-refractivity contribution in [3.8, 4) is 0 Å². The maximum absolute atomic E-state index is 13.4. The minimum absolute atomic E-state index is 0.0761. The number of nitrogens with one attached hydrogen (secondary N) is 3. The van der Waals surface area contributed by atoms with E-state index in [0.717, 1.165) is 14.9 Å². The monoisotopic (exact) mass is 667 g/mol.